The number of carboxylic acids is 1. The molecule has 2 atom stereocenters. The van der Waals surface area contributed by atoms with Crippen LogP contribution < -0.4 is 5.32 Å². The second-order valence-electron chi connectivity index (χ2n) is 5.18. The number of hydrogen-bond donors (Lipinski definition) is 2. The molecule has 0 fully saturated rings. The Morgan fingerprint density at radius 2 is 1.52 bits per heavy atom. The van der Waals surface area contributed by atoms with Crippen molar-refractivity contribution in [1.82, 2.24) is 5.32 Å². The highest BCUT2D eigenvalue weighted by molar-refractivity contribution is 6.30. The monoisotopic (exact) mass is 371 g/mol. The molecule has 0 heterocycles. The molecule has 0 aliphatic rings. The number of rotatable bonds is 7. The topological polar surface area (TPSA) is 119 Å². The quantitative estimate of drug-likeness (QED) is 0.544. The zero-order chi connectivity index (χ0) is 19.1. The SMILES string of the molecule is COC(=O)C(C(=O)OC)[C@@H](C)[C@@H](NC(=O)c1ccc(Cl)cc1)C(=O)O. The summed E-state index contributed by atoms with van der Waals surface area (Å²) in [6.45, 7) is 1.33. The summed E-state index contributed by atoms with van der Waals surface area (Å²) in [6.07, 6.45) is 0. The van der Waals surface area contributed by atoms with Crippen LogP contribution in [0.1, 0.15) is 17.3 Å². The minimum Gasteiger partial charge on any atom is -0.480 e. The molecule has 0 bridgehead atoms. The second-order valence-corrected chi connectivity index (χ2v) is 5.62. The Labute approximate surface area is 149 Å². The average molecular weight is 372 g/mol. The Morgan fingerprint density at radius 3 is 1.92 bits per heavy atom. The van der Waals surface area contributed by atoms with Gasteiger partial charge in [-0.05, 0) is 24.3 Å². The summed E-state index contributed by atoms with van der Waals surface area (Å²) in [4.78, 5) is 47.4. The summed E-state index contributed by atoms with van der Waals surface area (Å²) < 4.78 is 9.06. The summed E-state index contributed by atoms with van der Waals surface area (Å²) >= 11 is 5.74. The Balaban J connectivity index is 3.06. The van der Waals surface area contributed by atoms with Gasteiger partial charge in [0, 0.05) is 16.5 Å². The first kappa shape index (κ1) is 20.4. The van der Waals surface area contributed by atoms with Crippen molar-refractivity contribution in [2.45, 2.75) is 13.0 Å². The van der Waals surface area contributed by atoms with Crippen molar-refractivity contribution in [3.05, 3.63) is 34.9 Å². The number of methoxy groups -OCH3 is 2. The number of aliphatic carboxylic acids is 1. The average Bonchev–Trinajstić information content (AvgIpc) is 2.59. The number of carboxylic acid groups (broad SMARTS) is 1. The van der Waals surface area contributed by atoms with Crippen molar-refractivity contribution < 1.29 is 33.8 Å². The van der Waals surface area contributed by atoms with Gasteiger partial charge >= 0.3 is 17.9 Å². The summed E-state index contributed by atoms with van der Waals surface area (Å²) in [5.41, 5.74) is 0.176. The number of benzene rings is 1. The molecule has 0 aliphatic carbocycles. The maximum Gasteiger partial charge on any atom is 0.326 e. The second kappa shape index (κ2) is 9.03. The van der Waals surface area contributed by atoms with E-state index >= 15 is 0 Å². The fraction of sp³-hybridized carbons (Fsp3) is 0.375. The fourth-order valence-corrected chi connectivity index (χ4v) is 2.34. The van der Waals surface area contributed by atoms with Crippen LogP contribution in [-0.4, -0.2) is 49.2 Å². The van der Waals surface area contributed by atoms with Crippen molar-refractivity contribution in [3.63, 3.8) is 0 Å². The minimum absolute atomic E-state index is 0.176. The number of amides is 1. The lowest BCUT2D eigenvalue weighted by molar-refractivity contribution is -0.162. The van der Waals surface area contributed by atoms with E-state index in [1.807, 2.05) is 0 Å². The third-order valence-corrected chi connectivity index (χ3v) is 3.87. The molecule has 0 saturated heterocycles. The van der Waals surface area contributed by atoms with Gasteiger partial charge in [-0.1, -0.05) is 18.5 Å². The van der Waals surface area contributed by atoms with Gasteiger partial charge in [0.25, 0.3) is 5.91 Å². The number of ether oxygens (including phenoxy) is 2. The van der Waals surface area contributed by atoms with Gasteiger partial charge in [-0.3, -0.25) is 14.4 Å². The van der Waals surface area contributed by atoms with Gasteiger partial charge < -0.3 is 19.9 Å². The molecule has 1 rings (SSSR count). The first-order chi connectivity index (χ1) is 11.7. The normalized spacial score (nSPS) is 12.8. The van der Waals surface area contributed by atoms with Gasteiger partial charge in [-0.2, -0.15) is 0 Å². The Morgan fingerprint density at radius 1 is 1.04 bits per heavy atom. The van der Waals surface area contributed by atoms with Crippen molar-refractivity contribution in [2.24, 2.45) is 11.8 Å². The summed E-state index contributed by atoms with van der Waals surface area (Å²) in [7, 11) is 2.13. The number of nitrogens with one attached hydrogen (secondary N) is 1. The number of esters is 2. The Bertz CT molecular complexity index is 643. The molecule has 8 nitrogen and oxygen atoms in total. The van der Waals surface area contributed by atoms with E-state index in [0.29, 0.717) is 5.02 Å². The van der Waals surface area contributed by atoms with Crippen LogP contribution in [0, 0.1) is 11.8 Å². The van der Waals surface area contributed by atoms with Crippen LogP contribution in [-0.2, 0) is 23.9 Å². The lowest BCUT2D eigenvalue weighted by Gasteiger charge is -2.26. The number of carbonyl (C=O) groups excluding carboxylic acids is 3. The van der Waals surface area contributed by atoms with E-state index in [-0.39, 0.29) is 5.56 Å². The highest BCUT2D eigenvalue weighted by Crippen LogP contribution is 2.20. The summed E-state index contributed by atoms with van der Waals surface area (Å²) in [5, 5.41) is 12.1. The van der Waals surface area contributed by atoms with Gasteiger partial charge in [0.15, 0.2) is 5.92 Å². The number of carbonyl (C=O) groups is 4. The molecule has 0 unspecified atom stereocenters. The van der Waals surface area contributed by atoms with E-state index in [2.05, 4.69) is 14.8 Å². The Kier molecular flexibility index (Phi) is 7.38. The van der Waals surface area contributed by atoms with Crippen LogP contribution >= 0.6 is 11.6 Å². The lowest BCUT2D eigenvalue weighted by Crippen LogP contribution is -2.50. The summed E-state index contributed by atoms with van der Waals surface area (Å²) in [6, 6.07) is 4.26. The molecule has 0 aliphatic heterocycles. The molecule has 1 amide bonds. The van der Waals surface area contributed by atoms with Crippen LogP contribution in [0.15, 0.2) is 24.3 Å². The maximum absolute atomic E-state index is 12.2. The molecule has 2 N–H and O–H groups in total. The molecule has 0 aromatic heterocycles. The molecule has 9 heteroatoms. The molecular formula is C16H18ClNO7. The highest BCUT2D eigenvalue weighted by atomic mass is 35.5. The van der Waals surface area contributed by atoms with Crippen molar-refractivity contribution in [3.8, 4) is 0 Å². The third kappa shape index (κ3) is 5.18. The van der Waals surface area contributed by atoms with Crippen LogP contribution in [0.4, 0.5) is 0 Å². The minimum atomic E-state index is -1.52. The van der Waals surface area contributed by atoms with Crippen molar-refractivity contribution >= 4 is 35.4 Å². The molecular weight excluding hydrogens is 354 g/mol. The van der Waals surface area contributed by atoms with E-state index in [1.165, 1.54) is 31.2 Å². The van der Waals surface area contributed by atoms with Crippen LogP contribution in [0.3, 0.4) is 0 Å². The lowest BCUT2D eigenvalue weighted by atomic mass is 9.87. The number of hydrogen-bond acceptors (Lipinski definition) is 6. The molecule has 0 radical (unpaired) electrons. The predicted molar refractivity (Wildman–Crippen MR) is 87.0 cm³/mol. The molecule has 0 spiro atoms. The number of halogens is 1. The van der Waals surface area contributed by atoms with Crippen molar-refractivity contribution in [2.75, 3.05) is 14.2 Å². The standard InChI is InChI=1S/C16H18ClNO7/c1-8(11(15(22)24-2)16(23)25-3)12(14(20)21)18-13(19)9-4-6-10(17)7-5-9/h4-8,11-12H,1-3H3,(H,18,19)(H,20,21)/t8-,12-/m1/s1. The van der Waals surface area contributed by atoms with E-state index in [0.717, 1.165) is 14.2 Å². The van der Waals surface area contributed by atoms with Gasteiger partial charge in [0.2, 0.25) is 0 Å². The molecule has 136 valence electrons. The van der Waals surface area contributed by atoms with Gasteiger partial charge in [0.05, 0.1) is 14.2 Å². The van der Waals surface area contributed by atoms with E-state index in [1.54, 1.807) is 0 Å². The molecule has 1 aromatic rings. The van der Waals surface area contributed by atoms with E-state index in [4.69, 9.17) is 11.6 Å². The Hall–Kier alpha value is -2.61. The zero-order valence-corrected chi connectivity index (χ0v) is 14.6. The van der Waals surface area contributed by atoms with E-state index in [9.17, 15) is 24.3 Å². The van der Waals surface area contributed by atoms with Crippen molar-refractivity contribution in [1.29, 1.82) is 0 Å². The summed E-state index contributed by atoms with van der Waals surface area (Å²) in [5.74, 6) is -6.62. The van der Waals surface area contributed by atoms with Gasteiger partial charge in [-0.15, -0.1) is 0 Å². The van der Waals surface area contributed by atoms with Gasteiger partial charge in [0.1, 0.15) is 6.04 Å². The maximum atomic E-state index is 12.2. The molecule has 1 aromatic carbocycles. The molecule has 25 heavy (non-hydrogen) atoms. The molecule has 0 saturated carbocycles. The fourth-order valence-electron chi connectivity index (χ4n) is 2.22. The first-order valence-electron chi connectivity index (χ1n) is 7.17. The predicted octanol–water partition coefficient (Wildman–Crippen LogP) is 1.12. The van der Waals surface area contributed by atoms with Crippen LogP contribution in [0.25, 0.3) is 0 Å². The highest BCUT2D eigenvalue weighted by Gasteiger charge is 2.42. The van der Waals surface area contributed by atoms with E-state index < -0.39 is 41.7 Å². The first-order valence-corrected chi connectivity index (χ1v) is 7.55. The third-order valence-electron chi connectivity index (χ3n) is 3.62. The van der Waals surface area contributed by atoms with Crippen LogP contribution in [0.2, 0.25) is 5.02 Å². The largest absolute Gasteiger partial charge is 0.480 e. The van der Waals surface area contributed by atoms with Crippen LogP contribution in [0.5, 0.6) is 0 Å². The smallest absolute Gasteiger partial charge is 0.326 e. The van der Waals surface area contributed by atoms with Gasteiger partial charge in [-0.25, -0.2) is 4.79 Å². The zero-order valence-electron chi connectivity index (χ0n) is 13.8.